The molecule has 0 saturated carbocycles. The van der Waals surface area contributed by atoms with Crippen molar-refractivity contribution >= 4 is 12.6 Å². The van der Waals surface area contributed by atoms with E-state index in [1.165, 1.54) is 0 Å². The lowest BCUT2D eigenvalue weighted by Gasteiger charge is -2.32. The van der Waals surface area contributed by atoms with Crippen LogP contribution in [0.15, 0.2) is 12.4 Å². The zero-order chi connectivity index (χ0) is 15.9. The van der Waals surface area contributed by atoms with E-state index in [-0.39, 0.29) is 16.6 Å². The molecule has 1 aromatic rings. The van der Waals surface area contributed by atoms with Gasteiger partial charge in [0.15, 0.2) is 0 Å². The molecule has 1 fully saturated rings. The van der Waals surface area contributed by atoms with Crippen molar-refractivity contribution in [1.82, 2.24) is 9.97 Å². The largest absolute Gasteiger partial charge is 0.498 e. The van der Waals surface area contributed by atoms with Crippen LogP contribution in [0, 0.1) is 5.41 Å². The molecule has 1 aliphatic rings. The highest BCUT2D eigenvalue weighted by molar-refractivity contribution is 6.61. The first-order chi connectivity index (χ1) is 9.50. The molecule has 21 heavy (non-hydrogen) atoms. The van der Waals surface area contributed by atoms with Crippen LogP contribution in [0.25, 0.3) is 0 Å². The van der Waals surface area contributed by atoms with Crippen LogP contribution in [0.1, 0.15) is 48.5 Å². The first kappa shape index (κ1) is 16.2. The molecule has 0 aromatic carbocycles. The number of rotatable bonds is 3. The molecule has 1 aliphatic heterocycles. The van der Waals surface area contributed by atoms with Gasteiger partial charge in [0.05, 0.1) is 17.8 Å². The second-order valence-corrected chi connectivity index (χ2v) is 7.74. The van der Waals surface area contributed by atoms with E-state index >= 15 is 0 Å². The molecule has 1 saturated heterocycles. The molecule has 116 valence electrons. The van der Waals surface area contributed by atoms with Gasteiger partial charge in [-0.25, -0.2) is 9.97 Å². The van der Waals surface area contributed by atoms with Crippen molar-refractivity contribution < 1.29 is 14.0 Å². The number of hydrogen-bond donors (Lipinski definition) is 0. The summed E-state index contributed by atoms with van der Waals surface area (Å²) in [6.07, 6.45) is 3.40. The first-order valence-electron chi connectivity index (χ1n) is 7.31. The normalized spacial score (nSPS) is 20.6. The van der Waals surface area contributed by atoms with E-state index in [2.05, 4.69) is 30.7 Å². The van der Waals surface area contributed by atoms with Crippen molar-refractivity contribution in [3.05, 3.63) is 12.4 Å². The monoisotopic (exact) mass is 292 g/mol. The van der Waals surface area contributed by atoms with Crippen molar-refractivity contribution in [2.75, 3.05) is 6.61 Å². The number of ether oxygens (including phenoxy) is 1. The fraction of sp³-hybridized carbons (Fsp3) is 0.733. The Labute approximate surface area is 127 Å². The zero-order valence-corrected chi connectivity index (χ0v) is 14.1. The molecular formula is C15H25BN2O3. The third-order valence-electron chi connectivity index (χ3n) is 3.81. The Morgan fingerprint density at radius 1 is 1.05 bits per heavy atom. The summed E-state index contributed by atoms with van der Waals surface area (Å²) in [4.78, 5) is 8.46. The van der Waals surface area contributed by atoms with Crippen LogP contribution in [-0.2, 0) is 9.31 Å². The molecule has 6 heteroatoms. The molecule has 0 radical (unpaired) electrons. The van der Waals surface area contributed by atoms with Gasteiger partial charge in [0.1, 0.15) is 0 Å². The topological polar surface area (TPSA) is 53.5 Å². The Morgan fingerprint density at radius 2 is 1.52 bits per heavy atom. The van der Waals surface area contributed by atoms with E-state index in [9.17, 15) is 0 Å². The van der Waals surface area contributed by atoms with Crippen LogP contribution in [0.2, 0.25) is 0 Å². The maximum Gasteiger partial charge on any atom is 0.498 e. The minimum Gasteiger partial charge on any atom is -0.463 e. The molecule has 0 aliphatic carbocycles. The van der Waals surface area contributed by atoms with Crippen LogP contribution in [-0.4, -0.2) is 34.9 Å². The molecule has 0 spiro atoms. The van der Waals surface area contributed by atoms with E-state index < -0.39 is 7.12 Å². The van der Waals surface area contributed by atoms with Gasteiger partial charge in [0.2, 0.25) is 0 Å². The molecule has 2 rings (SSSR count). The standard InChI is InChI=1S/C15H25BN2O3/c1-13(2,3)10-19-12-17-8-11(9-18-12)16-20-14(4,5)15(6,7)21-16/h8-9H,10H2,1-7H3. The Kier molecular flexibility index (Phi) is 4.06. The second-order valence-electron chi connectivity index (χ2n) is 7.74. The minimum absolute atomic E-state index is 0.0771. The number of nitrogens with zero attached hydrogens (tertiary/aromatic N) is 2. The Bertz CT molecular complexity index is 479. The third kappa shape index (κ3) is 3.74. The van der Waals surface area contributed by atoms with Gasteiger partial charge < -0.3 is 14.0 Å². The summed E-state index contributed by atoms with van der Waals surface area (Å²) in [5.74, 6) is 0. The Balaban J connectivity index is 2.04. The van der Waals surface area contributed by atoms with Crippen LogP contribution < -0.4 is 10.2 Å². The van der Waals surface area contributed by atoms with Crippen molar-refractivity contribution in [1.29, 1.82) is 0 Å². The van der Waals surface area contributed by atoms with Crippen molar-refractivity contribution in [2.24, 2.45) is 5.41 Å². The van der Waals surface area contributed by atoms with Gasteiger partial charge in [-0.05, 0) is 33.1 Å². The predicted molar refractivity (Wildman–Crippen MR) is 82.7 cm³/mol. The highest BCUT2D eigenvalue weighted by Crippen LogP contribution is 2.36. The summed E-state index contributed by atoms with van der Waals surface area (Å²) in [6.45, 7) is 15.0. The summed E-state index contributed by atoms with van der Waals surface area (Å²) in [7, 11) is -0.438. The van der Waals surface area contributed by atoms with Gasteiger partial charge in [-0.3, -0.25) is 0 Å². The molecule has 0 amide bonds. The average Bonchev–Trinajstić information content (AvgIpc) is 2.56. The molecule has 0 atom stereocenters. The molecule has 2 heterocycles. The van der Waals surface area contributed by atoms with Gasteiger partial charge in [-0.1, -0.05) is 20.8 Å². The lowest BCUT2D eigenvalue weighted by Crippen LogP contribution is -2.41. The van der Waals surface area contributed by atoms with Crippen LogP contribution in [0.4, 0.5) is 0 Å². The smallest absolute Gasteiger partial charge is 0.463 e. The maximum absolute atomic E-state index is 5.96. The number of aromatic nitrogens is 2. The quantitative estimate of drug-likeness (QED) is 0.799. The highest BCUT2D eigenvalue weighted by Gasteiger charge is 2.51. The van der Waals surface area contributed by atoms with Gasteiger partial charge in [-0.2, -0.15) is 0 Å². The van der Waals surface area contributed by atoms with Gasteiger partial charge in [0.25, 0.3) is 0 Å². The summed E-state index contributed by atoms with van der Waals surface area (Å²) >= 11 is 0. The lowest BCUT2D eigenvalue weighted by atomic mass is 9.81. The molecule has 5 nitrogen and oxygen atoms in total. The predicted octanol–water partition coefficient (Wildman–Crippen LogP) is 2.20. The summed E-state index contributed by atoms with van der Waals surface area (Å²) < 4.78 is 17.5. The molecular weight excluding hydrogens is 267 g/mol. The van der Waals surface area contributed by atoms with E-state index in [1.807, 2.05) is 27.7 Å². The third-order valence-corrected chi connectivity index (χ3v) is 3.81. The molecule has 1 aromatic heterocycles. The number of hydrogen-bond acceptors (Lipinski definition) is 5. The van der Waals surface area contributed by atoms with E-state index in [0.717, 1.165) is 5.46 Å². The van der Waals surface area contributed by atoms with Crippen molar-refractivity contribution in [3.63, 3.8) is 0 Å². The lowest BCUT2D eigenvalue weighted by molar-refractivity contribution is 0.00578. The average molecular weight is 292 g/mol. The van der Waals surface area contributed by atoms with Gasteiger partial charge >= 0.3 is 13.1 Å². The van der Waals surface area contributed by atoms with Crippen LogP contribution in [0.5, 0.6) is 6.01 Å². The Morgan fingerprint density at radius 3 is 1.95 bits per heavy atom. The molecule has 0 N–H and O–H groups in total. The fourth-order valence-corrected chi connectivity index (χ4v) is 1.78. The van der Waals surface area contributed by atoms with Crippen LogP contribution >= 0.6 is 0 Å². The van der Waals surface area contributed by atoms with E-state index in [0.29, 0.717) is 12.6 Å². The molecule has 0 bridgehead atoms. The first-order valence-corrected chi connectivity index (χ1v) is 7.31. The fourth-order valence-electron chi connectivity index (χ4n) is 1.78. The summed E-state index contributed by atoms with van der Waals surface area (Å²) in [6, 6.07) is 0.380. The van der Waals surface area contributed by atoms with E-state index in [4.69, 9.17) is 14.0 Å². The maximum atomic E-state index is 5.96. The Hall–Kier alpha value is -1.14. The van der Waals surface area contributed by atoms with Crippen molar-refractivity contribution in [2.45, 2.75) is 59.7 Å². The van der Waals surface area contributed by atoms with Crippen LogP contribution in [0.3, 0.4) is 0 Å². The van der Waals surface area contributed by atoms with Crippen molar-refractivity contribution in [3.8, 4) is 6.01 Å². The minimum atomic E-state index is -0.438. The highest BCUT2D eigenvalue weighted by atomic mass is 16.7. The van der Waals surface area contributed by atoms with Gasteiger partial charge in [0, 0.05) is 17.9 Å². The molecule has 0 unspecified atom stereocenters. The summed E-state index contributed by atoms with van der Waals surface area (Å²) in [5.41, 5.74) is 0.156. The van der Waals surface area contributed by atoms with E-state index in [1.54, 1.807) is 12.4 Å². The SMILES string of the molecule is CC(C)(C)COc1ncc(B2OC(C)(C)C(C)(C)O2)cn1. The second kappa shape index (κ2) is 5.25. The summed E-state index contributed by atoms with van der Waals surface area (Å²) in [5, 5.41) is 0. The van der Waals surface area contributed by atoms with Gasteiger partial charge in [-0.15, -0.1) is 0 Å². The zero-order valence-electron chi connectivity index (χ0n) is 14.1.